The number of nitrogens with one attached hydrogen (secondary N) is 1. The third-order valence-corrected chi connectivity index (χ3v) is 4.37. The van der Waals surface area contributed by atoms with E-state index >= 15 is 0 Å². The Morgan fingerprint density at radius 1 is 1.12 bits per heavy atom. The Hall–Kier alpha value is -2.80. The van der Waals surface area contributed by atoms with Crippen LogP contribution in [0.3, 0.4) is 0 Å². The lowest BCUT2D eigenvalue weighted by Crippen LogP contribution is -2.22. The van der Waals surface area contributed by atoms with Crippen molar-refractivity contribution >= 4 is 21.8 Å². The van der Waals surface area contributed by atoms with Crippen LogP contribution in [-0.2, 0) is 6.54 Å². The molecule has 134 valence electrons. The molecule has 0 spiro atoms. The van der Waals surface area contributed by atoms with Crippen LogP contribution >= 0.6 is 15.9 Å². The summed E-state index contributed by atoms with van der Waals surface area (Å²) in [6, 6.07) is 13.2. The van der Waals surface area contributed by atoms with Crippen LogP contribution < -0.4 is 14.8 Å². The molecule has 0 fully saturated rings. The van der Waals surface area contributed by atoms with Crippen LogP contribution in [0.4, 0.5) is 0 Å². The Labute approximate surface area is 159 Å². The van der Waals surface area contributed by atoms with E-state index in [0.717, 1.165) is 15.7 Å². The SMILES string of the molecule is COc1ccc(CNC(=O)c2cnn(-c3ccc(Br)cc3)c2)cc1OC. The van der Waals surface area contributed by atoms with Crippen LogP contribution in [0.1, 0.15) is 15.9 Å². The maximum Gasteiger partial charge on any atom is 0.254 e. The van der Waals surface area contributed by atoms with E-state index in [1.165, 1.54) is 0 Å². The van der Waals surface area contributed by atoms with Gasteiger partial charge < -0.3 is 14.8 Å². The Bertz CT molecular complexity index is 907. The Balaban J connectivity index is 1.66. The molecule has 1 aromatic heterocycles. The standard InChI is InChI=1S/C19H18BrN3O3/c1-25-17-8-3-13(9-18(17)26-2)10-21-19(24)14-11-22-23(12-14)16-6-4-15(20)5-7-16/h3-9,11-12H,10H2,1-2H3,(H,21,24). The second-order valence-corrected chi connectivity index (χ2v) is 6.44. The highest BCUT2D eigenvalue weighted by Gasteiger charge is 2.10. The fraction of sp³-hybridized carbons (Fsp3) is 0.158. The fourth-order valence-electron chi connectivity index (χ4n) is 2.45. The number of hydrogen-bond donors (Lipinski definition) is 1. The van der Waals surface area contributed by atoms with Crippen molar-refractivity contribution in [2.45, 2.75) is 6.54 Å². The minimum Gasteiger partial charge on any atom is -0.493 e. The number of methoxy groups -OCH3 is 2. The van der Waals surface area contributed by atoms with Crippen molar-refractivity contribution in [3.63, 3.8) is 0 Å². The smallest absolute Gasteiger partial charge is 0.254 e. The van der Waals surface area contributed by atoms with Crippen molar-refractivity contribution in [3.05, 3.63) is 70.5 Å². The number of aromatic nitrogens is 2. The predicted octanol–water partition coefficient (Wildman–Crippen LogP) is 3.58. The maximum atomic E-state index is 12.4. The number of benzene rings is 2. The zero-order chi connectivity index (χ0) is 18.5. The van der Waals surface area contributed by atoms with Gasteiger partial charge in [0.15, 0.2) is 11.5 Å². The second-order valence-electron chi connectivity index (χ2n) is 5.52. The highest BCUT2D eigenvalue weighted by Crippen LogP contribution is 2.27. The number of rotatable bonds is 6. The summed E-state index contributed by atoms with van der Waals surface area (Å²) in [6.45, 7) is 0.378. The van der Waals surface area contributed by atoms with Gasteiger partial charge in [-0.25, -0.2) is 4.68 Å². The van der Waals surface area contributed by atoms with E-state index in [2.05, 4.69) is 26.3 Å². The van der Waals surface area contributed by atoms with Gasteiger partial charge in [-0.1, -0.05) is 22.0 Å². The maximum absolute atomic E-state index is 12.4. The van der Waals surface area contributed by atoms with Gasteiger partial charge in [0.1, 0.15) is 0 Å². The Morgan fingerprint density at radius 3 is 2.54 bits per heavy atom. The fourth-order valence-corrected chi connectivity index (χ4v) is 2.71. The molecule has 1 N–H and O–H groups in total. The molecule has 1 amide bonds. The third kappa shape index (κ3) is 4.05. The number of halogens is 1. The molecule has 1 heterocycles. The molecule has 0 radical (unpaired) electrons. The van der Waals surface area contributed by atoms with Gasteiger partial charge in [0.05, 0.1) is 31.7 Å². The summed E-state index contributed by atoms with van der Waals surface area (Å²) in [5, 5.41) is 7.13. The molecule has 0 bridgehead atoms. The zero-order valence-electron chi connectivity index (χ0n) is 14.4. The van der Waals surface area contributed by atoms with Crippen LogP contribution in [0.5, 0.6) is 11.5 Å². The lowest BCUT2D eigenvalue weighted by Gasteiger charge is -2.10. The Kier molecular flexibility index (Phi) is 5.58. The van der Waals surface area contributed by atoms with Crippen molar-refractivity contribution in [1.29, 1.82) is 0 Å². The average molecular weight is 416 g/mol. The summed E-state index contributed by atoms with van der Waals surface area (Å²) in [7, 11) is 3.17. The van der Waals surface area contributed by atoms with Crippen LogP contribution in [0.2, 0.25) is 0 Å². The van der Waals surface area contributed by atoms with E-state index in [4.69, 9.17) is 9.47 Å². The van der Waals surface area contributed by atoms with Crippen LogP contribution in [0.15, 0.2) is 59.3 Å². The summed E-state index contributed by atoms with van der Waals surface area (Å²) in [5.74, 6) is 1.09. The minimum atomic E-state index is -0.192. The summed E-state index contributed by atoms with van der Waals surface area (Å²) < 4.78 is 13.1. The van der Waals surface area contributed by atoms with Gasteiger partial charge in [-0.3, -0.25) is 4.79 Å². The van der Waals surface area contributed by atoms with E-state index in [0.29, 0.717) is 23.6 Å². The van der Waals surface area contributed by atoms with Crippen LogP contribution in [-0.4, -0.2) is 29.9 Å². The molecule has 7 heteroatoms. The molecule has 3 aromatic rings. The number of hydrogen-bond acceptors (Lipinski definition) is 4. The molecule has 6 nitrogen and oxygen atoms in total. The molecule has 0 aliphatic carbocycles. The second kappa shape index (κ2) is 8.05. The molecule has 2 aromatic carbocycles. The highest BCUT2D eigenvalue weighted by atomic mass is 79.9. The first-order valence-electron chi connectivity index (χ1n) is 7.90. The van der Waals surface area contributed by atoms with Gasteiger partial charge in [0.2, 0.25) is 0 Å². The normalized spacial score (nSPS) is 10.4. The lowest BCUT2D eigenvalue weighted by atomic mass is 10.2. The number of ether oxygens (including phenoxy) is 2. The summed E-state index contributed by atoms with van der Waals surface area (Å²) >= 11 is 3.40. The summed E-state index contributed by atoms with van der Waals surface area (Å²) in [4.78, 5) is 12.4. The largest absolute Gasteiger partial charge is 0.493 e. The Morgan fingerprint density at radius 2 is 1.85 bits per heavy atom. The van der Waals surface area contributed by atoms with Gasteiger partial charge in [-0.05, 0) is 42.0 Å². The van der Waals surface area contributed by atoms with Crippen molar-refractivity contribution in [1.82, 2.24) is 15.1 Å². The van der Waals surface area contributed by atoms with Crippen molar-refractivity contribution in [3.8, 4) is 17.2 Å². The van der Waals surface area contributed by atoms with Crippen molar-refractivity contribution in [2.24, 2.45) is 0 Å². The number of carbonyl (C=O) groups is 1. The van der Waals surface area contributed by atoms with Gasteiger partial charge in [-0.15, -0.1) is 0 Å². The molecule has 0 saturated carbocycles. The van der Waals surface area contributed by atoms with Gasteiger partial charge in [0.25, 0.3) is 5.91 Å². The van der Waals surface area contributed by atoms with E-state index < -0.39 is 0 Å². The van der Waals surface area contributed by atoms with Crippen molar-refractivity contribution < 1.29 is 14.3 Å². The van der Waals surface area contributed by atoms with Crippen molar-refractivity contribution in [2.75, 3.05) is 14.2 Å². The summed E-state index contributed by atoms with van der Waals surface area (Å²) in [5.41, 5.74) is 2.29. The first-order valence-corrected chi connectivity index (χ1v) is 8.69. The summed E-state index contributed by atoms with van der Waals surface area (Å²) in [6.07, 6.45) is 3.25. The first-order chi connectivity index (χ1) is 12.6. The van der Waals surface area contributed by atoms with Gasteiger partial charge in [-0.2, -0.15) is 5.10 Å². The van der Waals surface area contributed by atoms with Crippen LogP contribution in [0, 0.1) is 0 Å². The van der Waals surface area contributed by atoms with Gasteiger partial charge in [0, 0.05) is 17.2 Å². The zero-order valence-corrected chi connectivity index (χ0v) is 16.0. The average Bonchev–Trinajstić information content (AvgIpc) is 3.16. The molecule has 0 unspecified atom stereocenters. The predicted molar refractivity (Wildman–Crippen MR) is 102 cm³/mol. The number of nitrogens with zero attached hydrogens (tertiary/aromatic N) is 2. The monoisotopic (exact) mass is 415 g/mol. The molecular weight excluding hydrogens is 398 g/mol. The van der Waals surface area contributed by atoms with E-state index in [1.54, 1.807) is 31.3 Å². The van der Waals surface area contributed by atoms with Gasteiger partial charge >= 0.3 is 0 Å². The van der Waals surface area contributed by atoms with E-state index in [1.807, 2.05) is 42.5 Å². The van der Waals surface area contributed by atoms with E-state index in [-0.39, 0.29) is 5.91 Å². The lowest BCUT2D eigenvalue weighted by molar-refractivity contribution is 0.0951. The molecule has 0 saturated heterocycles. The first kappa shape index (κ1) is 18.0. The highest BCUT2D eigenvalue weighted by molar-refractivity contribution is 9.10. The molecular formula is C19H18BrN3O3. The van der Waals surface area contributed by atoms with Crippen LogP contribution in [0.25, 0.3) is 5.69 Å². The molecule has 26 heavy (non-hydrogen) atoms. The third-order valence-electron chi connectivity index (χ3n) is 3.84. The molecule has 0 aliphatic heterocycles. The number of carbonyl (C=O) groups excluding carboxylic acids is 1. The molecule has 3 rings (SSSR count). The number of amides is 1. The van der Waals surface area contributed by atoms with E-state index in [9.17, 15) is 4.79 Å². The topological polar surface area (TPSA) is 65.4 Å². The quantitative estimate of drug-likeness (QED) is 0.667. The molecule has 0 atom stereocenters. The minimum absolute atomic E-state index is 0.192. The molecule has 0 aliphatic rings.